The van der Waals surface area contributed by atoms with Crippen LogP contribution in [0.1, 0.15) is 11.1 Å². The third-order valence-corrected chi connectivity index (χ3v) is 6.53. The Morgan fingerprint density at radius 2 is 1.66 bits per heavy atom. The number of hydrogen-bond acceptors (Lipinski definition) is 5. The van der Waals surface area contributed by atoms with E-state index in [1.807, 2.05) is 54.6 Å². The van der Waals surface area contributed by atoms with E-state index in [4.69, 9.17) is 21.2 Å². The number of amides is 2. The van der Waals surface area contributed by atoms with Crippen LogP contribution in [0.3, 0.4) is 0 Å². The Morgan fingerprint density at radius 1 is 0.931 bits per heavy atom. The van der Waals surface area contributed by atoms with Gasteiger partial charge in [0.15, 0.2) is 0 Å². The fraction of sp³-hybridized carbons (Fsp3) is 0.273. The van der Waals surface area contributed by atoms with Gasteiger partial charge < -0.3 is 4.74 Å². The second-order valence-electron chi connectivity index (χ2n) is 7.80. The SMILES string of the molecule is O=C1[C@H]2[C@@H]3O[C@@H](C4=C(c5ccc(Cl)cc5)NO[C@H]43)[C@H]2C(=O)N1Cc1ccccc1. The van der Waals surface area contributed by atoms with Crippen molar-refractivity contribution >= 4 is 29.1 Å². The second kappa shape index (κ2) is 6.16. The first-order valence-corrected chi connectivity index (χ1v) is 9.97. The van der Waals surface area contributed by atoms with Crippen molar-refractivity contribution in [1.82, 2.24) is 10.4 Å². The lowest BCUT2D eigenvalue weighted by molar-refractivity contribution is -0.144. The summed E-state index contributed by atoms with van der Waals surface area (Å²) in [6, 6.07) is 17.0. The van der Waals surface area contributed by atoms with Crippen molar-refractivity contribution in [3.8, 4) is 0 Å². The molecule has 6 nitrogen and oxygen atoms in total. The monoisotopic (exact) mass is 408 g/mol. The number of nitrogens with zero attached hydrogens (tertiary/aromatic N) is 1. The van der Waals surface area contributed by atoms with Gasteiger partial charge in [-0.25, -0.2) is 0 Å². The highest BCUT2D eigenvalue weighted by Crippen LogP contribution is 2.55. The van der Waals surface area contributed by atoms with Gasteiger partial charge in [-0.15, -0.1) is 0 Å². The number of likely N-dealkylation sites (tertiary alicyclic amines) is 1. The summed E-state index contributed by atoms with van der Waals surface area (Å²) < 4.78 is 6.10. The molecule has 0 unspecified atom stereocenters. The van der Waals surface area contributed by atoms with Crippen LogP contribution in [0.25, 0.3) is 5.70 Å². The molecule has 0 saturated carbocycles. The molecular weight excluding hydrogens is 392 g/mol. The minimum absolute atomic E-state index is 0.162. The molecule has 146 valence electrons. The van der Waals surface area contributed by atoms with E-state index in [1.54, 1.807) is 0 Å². The number of carbonyl (C=O) groups is 2. The van der Waals surface area contributed by atoms with Gasteiger partial charge in [-0.2, -0.15) is 0 Å². The van der Waals surface area contributed by atoms with E-state index in [9.17, 15) is 9.59 Å². The van der Waals surface area contributed by atoms with Crippen molar-refractivity contribution in [3.63, 3.8) is 0 Å². The summed E-state index contributed by atoms with van der Waals surface area (Å²) in [5.41, 5.74) is 6.55. The minimum atomic E-state index is -0.492. The Morgan fingerprint density at radius 3 is 2.41 bits per heavy atom. The molecule has 6 rings (SSSR count). The lowest BCUT2D eigenvalue weighted by Crippen LogP contribution is -2.40. The third-order valence-electron chi connectivity index (χ3n) is 6.28. The van der Waals surface area contributed by atoms with Gasteiger partial charge in [0.25, 0.3) is 0 Å². The van der Waals surface area contributed by atoms with Gasteiger partial charge in [-0.1, -0.05) is 54.1 Å². The summed E-state index contributed by atoms with van der Waals surface area (Å²) in [6.45, 7) is 0.289. The fourth-order valence-corrected chi connectivity index (χ4v) is 5.13. The van der Waals surface area contributed by atoms with E-state index in [0.717, 1.165) is 22.4 Å². The van der Waals surface area contributed by atoms with E-state index >= 15 is 0 Å². The van der Waals surface area contributed by atoms with E-state index < -0.39 is 24.0 Å². The number of ether oxygens (including phenoxy) is 1. The zero-order valence-corrected chi connectivity index (χ0v) is 16.0. The number of nitrogens with one attached hydrogen (secondary N) is 1. The largest absolute Gasteiger partial charge is 0.366 e. The topological polar surface area (TPSA) is 67.9 Å². The molecule has 4 heterocycles. The van der Waals surface area contributed by atoms with Gasteiger partial charge >= 0.3 is 0 Å². The Hall–Kier alpha value is -2.67. The Bertz CT molecular complexity index is 1050. The highest BCUT2D eigenvalue weighted by Gasteiger charge is 2.69. The summed E-state index contributed by atoms with van der Waals surface area (Å²) in [5, 5.41) is 0.646. The molecule has 2 aromatic rings. The molecule has 2 amide bonds. The summed E-state index contributed by atoms with van der Waals surface area (Å²) in [6.07, 6.45) is -1.26. The van der Waals surface area contributed by atoms with Crippen molar-refractivity contribution in [3.05, 3.63) is 76.3 Å². The number of halogens is 1. The van der Waals surface area contributed by atoms with E-state index in [2.05, 4.69) is 5.48 Å². The first-order valence-electron chi connectivity index (χ1n) is 9.60. The maximum atomic E-state index is 13.2. The lowest BCUT2D eigenvalue weighted by atomic mass is 9.76. The van der Waals surface area contributed by atoms with Crippen LogP contribution in [0.5, 0.6) is 0 Å². The van der Waals surface area contributed by atoms with Crippen molar-refractivity contribution in [2.75, 3.05) is 0 Å². The first-order chi connectivity index (χ1) is 14.1. The molecule has 0 aliphatic carbocycles. The Kier molecular flexibility index (Phi) is 3.66. The Balaban J connectivity index is 1.35. The molecule has 0 radical (unpaired) electrons. The smallest absolute Gasteiger partial charge is 0.236 e. The van der Waals surface area contributed by atoms with Gasteiger partial charge in [0.05, 0.1) is 30.2 Å². The van der Waals surface area contributed by atoms with Gasteiger partial charge in [0.2, 0.25) is 11.8 Å². The van der Waals surface area contributed by atoms with Crippen LogP contribution in [0.4, 0.5) is 0 Å². The van der Waals surface area contributed by atoms with Crippen LogP contribution >= 0.6 is 11.6 Å². The fourth-order valence-electron chi connectivity index (χ4n) is 5.00. The molecule has 2 aromatic carbocycles. The third kappa shape index (κ3) is 2.37. The molecular formula is C22H17ClN2O4. The molecule has 3 fully saturated rings. The predicted octanol–water partition coefficient (Wildman–Crippen LogP) is 2.54. The van der Waals surface area contributed by atoms with Crippen LogP contribution in [0.15, 0.2) is 60.2 Å². The average molecular weight is 409 g/mol. The number of hydroxylamine groups is 1. The highest BCUT2D eigenvalue weighted by molar-refractivity contribution is 6.30. The molecule has 4 aliphatic rings. The van der Waals surface area contributed by atoms with Crippen molar-refractivity contribution < 1.29 is 19.2 Å². The van der Waals surface area contributed by atoms with Crippen LogP contribution in [0, 0.1) is 11.8 Å². The summed E-state index contributed by atoms with van der Waals surface area (Å²) in [7, 11) is 0. The maximum Gasteiger partial charge on any atom is 0.236 e. The zero-order valence-electron chi connectivity index (χ0n) is 15.2. The molecule has 5 atom stereocenters. The standard InChI is InChI=1S/C22H17ClN2O4/c23-13-8-6-12(7-9-13)17-16-18-14-15(19(28-18)20(16)29-24-17)22(27)25(21(14)26)10-11-4-2-1-3-5-11/h1-9,14-15,18-20,24H,10H2/t14-,15+,18+,19-,20+/m0/s1. The van der Waals surface area contributed by atoms with E-state index in [1.165, 1.54) is 4.90 Å². The molecule has 2 bridgehead atoms. The van der Waals surface area contributed by atoms with Crippen LogP contribution in [-0.2, 0) is 25.7 Å². The maximum absolute atomic E-state index is 13.2. The van der Waals surface area contributed by atoms with E-state index in [0.29, 0.717) is 5.02 Å². The molecule has 29 heavy (non-hydrogen) atoms. The first kappa shape index (κ1) is 17.2. The quantitative estimate of drug-likeness (QED) is 0.790. The van der Waals surface area contributed by atoms with Gasteiger partial charge in [0.1, 0.15) is 12.2 Å². The number of benzene rings is 2. The summed E-state index contributed by atoms with van der Waals surface area (Å²) in [4.78, 5) is 33.4. The molecule has 3 saturated heterocycles. The van der Waals surface area contributed by atoms with Crippen molar-refractivity contribution in [2.24, 2.45) is 11.8 Å². The lowest BCUT2D eigenvalue weighted by Gasteiger charge is -2.22. The van der Waals surface area contributed by atoms with Crippen molar-refractivity contribution in [2.45, 2.75) is 24.9 Å². The highest BCUT2D eigenvalue weighted by atomic mass is 35.5. The summed E-state index contributed by atoms with van der Waals surface area (Å²) >= 11 is 6.00. The van der Waals surface area contributed by atoms with Gasteiger partial charge in [-0.3, -0.25) is 24.8 Å². The molecule has 0 aromatic heterocycles. The number of imide groups is 1. The molecule has 4 aliphatic heterocycles. The molecule has 7 heteroatoms. The van der Waals surface area contributed by atoms with Crippen LogP contribution < -0.4 is 5.48 Å². The van der Waals surface area contributed by atoms with Crippen molar-refractivity contribution in [1.29, 1.82) is 0 Å². The number of carbonyl (C=O) groups excluding carboxylic acids is 2. The second-order valence-corrected chi connectivity index (χ2v) is 8.24. The van der Waals surface area contributed by atoms with Crippen LogP contribution in [-0.4, -0.2) is 35.0 Å². The average Bonchev–Trinajstić information content (AvgIpc) is 3.47. The van der Waals surface area contributed by atoms with Crippen LogP contribution in [0.2, 0.25) is 5.02 Å². The molecule has 1 N–H and O–H groups in total. The zero-order chi connectivity index (χ0) is 19.7. The van der Waals surface area contributed by atoms with E-state index in [-0.39, 0.29) is 24.5 Å². The number of fused-ring (bicyclic) bond motifs is 8. The number of hydrogen-bond donors (Lipinski definition) is 1. The van der Waals surface area contributed by atoms with Gasteiger partial charge in [-0.05, 0) is 17.7 Å². The normalized spacial score (nSPS) is 32.0. The predicted molar refractivity (Wildman–Crippen MR) is 104 cm³/mol. The van der Waals surface area contributed by atoms with Gasteiger partial charge in [0, 0.05) is 16.2 Å². The molecule has 0 spiro atoms. The summed E-state index contributed by atoms with van der Waals surface area (Å²) in [5.74, 6) is -1.31. The Labute approximate surface area is 172 Å². The number of rotatable bonds is 3. The minimum Gasteiger partial charge on any atom is -0.366 e.